The van der Waals surface area contributed by atoms with E-state index in [-0.39, 0.29) is 18.0 Å². The lowest BCUT2D eigenvalue weighted by atomic mass is 10.1. The van der Waals surface area contributed by atoms with Crippen LogP contribution in [0, 0.1) is 10.1 Å². The number of rotatable bonds is 7. The highest BCUT2D eigenvalue weighted by atomic mass is 35.5. The van der Waals surface area contributed by atoms with Gasteiger partial charge in [0, 0.05) is 48.2 Å². The molecule has 14 heteroatoms. The van der Waals surface area contributed by atoms with E-state index in [2.05, 4.69) is 25.6 Å². The molecule has 0 amide bonds. The van der Waals surface area contributed by atoms with Crippen molar-refractivity contribution in [3.63, 3.8) is 0 Å². The number of nitrogens with zero attached hydrogens (tertiary/aromatic N) is 5. The quantitative estimate of drug-likeness (QED) is 0.159. The maximum absolute atomic E-state index is 11.5. The molecular formula is C21H20Cl2N8O4. The molecule has 4 rings (SSSR count). The molecule has 0 aliphatic rings. The Hall–Kier alpha value is -4.16. The molecule has 0 saturated heterocycles. The van der Waals surface area contributed by atoms with Crippen molar-refractivity contribution in [3.8, 4) is 11.3 Å². The average molecular weight is 519 g/mol. The Morgan fingerprint density at radius 1 is 1.26 bits per heavy atom. The van der Waals surface area contributed by atoms with Crippen LogP contribution in [0.1, 0.15) is 5.56 Å². The second-order valence-electron chi connectivity index (χ2n) is 6.93. The van der Waals surface area contributed by atoms with E-state index in [1.807, 2.05) is 6.07 Å². The Morgan fingerprint density at radius 3 is 2.66 bits per heavy atom. The third-order valence-electron chi connectivity index (χ3n) is 4.81. The van der Waals surface area contributed by atoms with E-state index in [9.17, 15) is 10.1 Å². The zero-order valence-corrected chi connectivity index (χ0v) is 19.8. The summed E-state index contributed by atoms with van der Waals surface area (Å²) >= 11 is 12.4. The number of nitro groups is 1. The summed E-state index contributed by atoms with van der Waals surface area (Å²) in [5, 5.41) is 25.4. The number of carbonyl (C=O) groups is 1. The molecule has 3 heterocycles. The van der Waals surface area contributed by atoms with E-state index in [1.54, 1.807) is 48.1 Å². The molecule has 0 aliphatic carbocycles. The van der Waals surface area contributed by atoms with Gasteiger partial charge in [0.2, 0.25) is 11.8 Å². The summed E-state index contributed by atoms with van der Waals surface area (Å²) in [6, 6.07) is 8.60. The zero-order valence-electron chi connectivity index (χ0n) is 18.3. The van der Waals surface area contributed by atoms with Crippen LogP contribution in [0.5, 0.6) is 0 Å². The van der Waals surface area contributed by atoms with Crippen LogP contribution in [-0.4, -0.2) is 49.4 Å². The molecule has 0 atom stereocenters. The molecule has 5 N–H and O–H groups in total. The number of benzene rings is 1. The lowest BCUT2D eigenvalue weighted by molar-refractivity contribution is -0.384. The van der Waals surface area contributed by atoms with Gasteiger partial charge in [-0.05, 0) is 30.7 Å². The minimum atomic E-state index is -0.521. The minimum Gasteiger partial charge on any atom is -0.483 e. The predicted octanol–water partition coefficient (Wildman–Crippen LogP) is 3.99. The summed E-state index contributed by atoms with van der Waals surface area (Å²) < 4.78 is 1.78. The van der Waals surface area contributed by atoms with Gasteiger partial charge in [-0.3, -0.25) is 19.3 Å². The lowest BCUT2D eigenvalue weighted by Gasteiger charge is -2.12. The number of anilines is 3. The van der Waals surface area contributed by atoms with Crippen LogP contribution in [0.4, 0.5) is 23.3 Å². The van der Waals surface area contributed by atoms with Gasteiger partial charge in [0.15, 0.2) is 0 Å². The van der Waals surface area contributed by atoms with Gasteiger partial charge in [-0.25, -0.2) is 15.0 Å². The average Bonchev–Trinajstić information content (AvgIpc) is 3.28. The van der Waals surface area contributed by atoms with Gasteiger partial charge in [-0.15, -0.1) is 0 Å². The van der Waals surface area contributed by atoms with Crippen molar-refractivity contribution in [1.29, 1.82) is 0 Å². The van der Waals surface area contributed by atoms with Crippen molar-refractivity contribution < 1.29 is 14.8 Å². The van der Waals surface area contributed by atoms with Crippen LogP contribution in [0.15, 0.2) is 42.7 Å². The normalized spacial score (nSPS) is 10.4. The molecule has 0 fully saturated rings. The Kier molecular flexibility index (Phi) is 8.23. The van der Waals surface area contributed by atoms with E-state index >= 15 is 0 Å². The summed E-state index contributed by atoms with van der Waals surface area (Å²) in [5.74, 6) is 0.837. The third-order valence-corrected chi connectivity index (χ3v) is 5.36. The van der Waals surface area contributed by atoms with Crippen molar-refractivity contribution in [2.24, 2.45) is 0 Å². The molecule has 0 radical (unpaired) electrons. The van der Waals surface area contributed by atoms with E-state index in [1.165, 1.54) is 0 Å². The maximum atomic E-state index is 11.5. The standard InChI is InChI=1S/C20H18Cl2N8O2.CH2O2/c1-24-16-8-11(18(30(31)32)19(23)28-16)4-5-26-20-27-15(10-17-25-6-7-29(17)20)13-3-2-12(21)9-14(13)22;2-1-3/h2-3,6-10H,4-5H2,1H3,(H,26,27)(H3,23,24,28);1H,(H,2,3). The molecule has 1 aromatic carbocycles. The lowest BCUT2D eigenvalue weighted by Crippen LogP contribution is -2.13. The molecule has 182 valence electrons. The van der Waals surface area contributed by atoms with Crippen LogP contribution in [0.3, 0.4) is 0 Å². The van der Waals surface area contributed by atoms with Gasteiger partial charge in [0.1, 0.15) is 11.5 Å². The number of carboxylic acid groups (broad SMARTS) is 1. The highest BCUT2D eigenvalue weighted by molar-refractivity contribution is 6.36. The van der Waals surface area contributed by atoms with E-state index in [0.717, 1.165) is 0 Å². The van der Waals surface area contributed by atoms with Crippen LogP contribution in [0.2, 0.25) is 10.0 Å². The monoisotopic (exact) mass is 518 g/mol. The predicted molar refractivity (Wildman–Crippen MR) is 134 cm³/mol. The first kappa shape index (κ1) is 25.5. The molecule has 0 unspecified atom stereocenters. The highest BCUT2D eigenvalue weighted by Crippen LogP contribution is 2.31. The molecule has 12 nitrogen and oxygen atoms in total. The molecular weight excluding hydrogens is 499 g/mol. The fraction of sp³-hybridized carbons (Fsp3) is 0.143. The van der Waals surface area contributed by atoms with Gasteiger partial charge in [-0.1, -0.05) is 23.2 Å². The fourth-order valence-electron chi connectivity index (χ4n) is 3.33. The number of fused-ring (bicyclic) bond motifs is 1. The first-order valence-electron chi connectivity index (χ1n) is 10.0. The molecule has 0 aliphatic heterocycles. The topological polar surface area (TPSA) is 174 Å². The van der Waals surface area contributed by atoms with Crippen LogP contribution < -0.4 is 16.4 Å². The van der Waals surface area contributed by atoms with E-state index < -0.39 is 4.92 Å². The highest BCUT2D eigenvalue weighted by Gasteiger charge is 2.21. The number of hydrogen-bond acceptors (Lipinski definition) is 9. The Bertz CT molecular complexity index is 1380. The molecule has 0 bridgehead atoms. The minimum absolute atomic E-state index is 0.133. The summed E-state index contributed by atoms with van der Waals surface area (Å²) in [6.07, 6.45) is 3.74. The van der Waals surface area contributed by atoms with E-state index in [4.69, 9.17) is 38.8 Å². The molecule has 35 heavy (non-hydrogen) atoms. The second-order valence-corrected chi connectivity index (χ2v) is 7.78. The summed E-state index contributed by atoms with van der Waals surface area (Å²) in [7, 11) is 1.67. The summed E-state index contributed by atoms with van der Waals surface area (Å²) in [6.45, 7) is 0.103. The Labute approximate surface area is 208 Å². The van der Waals surface area contributed by atoms with Gasteiger partial charge in [0.05, 0.1) is 15.6 Å². The van der Waals surface area contributed by atoms with Crippen molar-refractivity contribution in [2.75, 3.05) is 30.0 Å². The third kappa shape index (κ3) is 5.86. The number of halogens is 2. The number of aromatic nitrogens is 4. The number of pyridine rings is 1. The summed E-state index contributed by atoms with van der Waals surface area (Å²) in [5.41, 5.74) is 8.04. The van der Waals surface area contributed by atoms with Crippen LogP contribution in [-0.2, 0) is 11.2 Å². The van der Waals surface area contributed by atoms with Gasteiger partial charge in [-0.2, -0.15) is 0 Å². The van der Waals surface area contributed by atoms with E-state index in [0.29, 0.717) is 57.2 Å². The van der Waals surface area contributed by atoms with Gasteiger partial charge >= 0.3 is 5.69 Å². The number of hydrogen-bond donors (Lipinski definition) is 4. The summed E-state index contributed by atoms with van der Waals surface area (Å²) in [4.78, 5) is 32.3. The van der Waals surface area contributed by atoms with Crippen molar-refractivity contribution in [3.05, 3.63) is 68.4 Å². The number of nitrogens with two attached hydrogens (primary N) is 1. The first-order valence-corrected chi connectivity index (χ1v) is 10.8. The van der Waals surface area contributed by atoms with Crippen molar-refractivity contribution in [1.82, 2.24) is 19.4 Å². The molecule has 4 aromatic rings. The number of nitrogens with one attached hydrogen (secondary N) is 2. The molecule has 0 saturated carbocycles. The van der Waals surface area contributed by atoms with Gasteiger partial charge in [0.25, 0.3) is 6.47 Å². The molecule has 0 spiro atoms. The first-order chi connectivity index (χ1) is 16.8. The van der Waals surface area contributed by atoms with Crippen molar-refractivity contribution >= 4 is 58.6 Å². The molecule has 3 aromatic heterocycles. The van der Waals surface area contributed by atoms with Crippen LogP contribution in [0.25, 0.3) is 16.9 Å². The SMILES string of the molecule is CNc1cc(CCNc2nc(-c3ccc(Cl)cc3Cl)cc3nccn23)c([N+](=O)[O-])c(N)n1.O=CO. The number of imidazole rings is 1. The zero-order chi connectivity index (χ0) is 25.5. The van der Waals surface area contributed by atoms with Crippen molar-refractivity contribution in [2.45, 2.75) is 6.42 Å². The van der Waals surface area contributed by atoms with Crippen LogP contribution >= 0.6 is 23.2 Å². The number of nitrogen functional groups attached to an aromatic ring is 1. The van der Waals surface area contributed by atoms with Gasteiger partial charge < -0.3 is 21.5 Å². The Balaban J connectivity index is 0.00000108. The largest absolute Gasteiger partial charge is 0.483 e. The fourth-order valence-corrected chi connectivity index (χ4v) is 3.84. The smallest absolute Gasteiger partial charge is 0.314 e. The second kappa shape index (κ2) is 11.3. The Morgan fingerprint density at radius 2 is 2.00 bits per heavy atom. The maximum Gasteiger partial charge on any atom is 0.314 e.